The third-order valence-electron chi connectivity index (χ3n) is 2.42. The minimum Gasteiger partial charge on any atom is -0.476 e. The topological polar surface area (TPSA) is 126 Å². The second-order valence-corrected chi connectivity index (χ2v) is 6.56. The van der Waals surface area contributed by atoms with Gasteiger partial charge in [0.05, 0.1) is 18.1 Å². The van der Waals surface area contributed by atoms with Crippen LogP contribution in [0, 0.1) is 0 Å². The molecule has 1 heterocycles. The van der Waals surface area contributed by atoms with Gasteiger partial charge in [-0.3, -0.25) is 4.79 Å². The van der Waals surface area contributed by atoms with Crippen LogP contribution in [0.2, 0.25) is 0 Å². The number of rotatable bonds is 6. The predicted molar refractivity (Wildman–Crippen MR) is 70.2 cm³/mol. The molecule has 0 bridgehead atoms. The second kappa shape index (κ2) is 6.42. The molecule has 1 amide bonds. The van der Waals surface area contributed by atoms with E-state index < -0.39 is 27.8 Å². The molecule has 0 saturated carbocycles. The summed E-state index contributed by atoms with van der Waals surface area (Å²) >= 11 is 0. The molecule has 0 aliphatic rings. The van der Waals surface area contributed by atoms with Crippen molar-refractivity contribution in [2.45, 2.75) is 19.9 Å². The zero-order valence-corrected chi connectivity index (χ0v) is 11.8. The van der Waals surface area contributed by atoms with E-state index in [0.29, 0.717) is 0 Å². The van der Waals surface area contributed by atoms with E-state index in [1.807, 2.05) is 0 Å². The number of carbonyl (C=O) groups excluding carboxylic acids is 1. The third-order valence-corrected chi connectivity index (χ3v) is 4.31. The summed E-state index contributed by atoms with van der Waals surface area (Å²) in [6.07, 6.45) is 1.99. The van der Waals surface area contributed by atoms with Gasteiger partial charge in [0.15, 0.2) is 15.5 Å². The molecule has 0 fully saturated rings. The van der Waals surface area contributed by atoms with Crippen molar-refractivity contribution in [3.63, 3.8) is 0 Å². The molecule has 1 unspecified atom stereocenters. The maximum absolute atomic E-state index is 11.8. The van der Waals surface area contributed by atoms with E-state index >= 15 is 0 Å². The van der Waals surface area contributed by atoms with Gasteiger partial charge in [-0.1, -0.05) is 6.92 Å². The first-order valence-corrected chi connectivity index (χ1v) is 7.64. The Kier molecular flexibility index (Phi) is 5.14. The van der Waals surface area contributed by atoms with Crippen LogP contribution in [-0.4, -0.2) is 52.9 Å². The largest absolute Gasteiger partial charge is 0.476 e. The molecule has 1 rings (SSSR count). The summed E-state index contributed by atoms with van der Waals surface area (Å²) in [5.74, 6) is -2.02. The standard InChI is InChI=1S/C11H15N3O5S/c1-3-20(18,19)6-7(2)14-10(15)8-4-13-9(5-12-8)11(16)17/h4-5,7H,3,6H2,1-2H3,(H,14,15)(H,16,17). The van der Waals surface area contributed by atoms with Crippen LogP contribution in [0.15, 0.2) is 12.4 Å². The fourth-order valence-electron chi connectivity index (χ4n) is 1.39. The molecule has 0 aliphatic carbocycles. The number of sulfone groups is 1. The Morgan fingerprint density at radius 1 is 1.30 bits per heavy atom. The number of carbonyl (C=O) groups is 2. The molecule has 20 heavy (non-hydrogen) atoms. The number of hydrogen-bond donors (Lipinski definition) is 2. The summed E-state index contributed by atoms with van der Waals surface area (Å²) in [4.78, 5) is 29.6. The van der Waals surface area contributed by atoms with E-state index in [9.17, 15) is 18.0 Å². The lowest BCUT2D eigenvalue weighted by Gasteiger charge is -2.13. The van der Waals surface area contributed by atoms with Crippen LogP contribution < -0.4 is 5.32 Å². The fourth-order valence-corrected chi connectivity index (χ4v) is 2.47. The average Bonchev–Trinajstić information content (AvgIpc) is 2.38. The minimum absolute atomic E-state index is 0.000322. The summed E-state index contributed by atoms with van der Waals surface area (Å²) < 4.78 is 22.8. The van der Waals surface area contributed by atoms with Gasteiger partial charge >= 0.3 is 5.97 Å². The highest BCUT2D eigenvalue weighted by molar-refractivity contribution is 7.91. The number of aromatic carboxylic acids is 1. The summed E-state index contributed by atoms with van der Waals surface area (Å²) in [6, 6.07) is -0.576. The van der Waals surface area contributed by atoms with E-state index in [1.165, 1.54) is 6.92 Å². The van der Waals surface area contributed by atoms with Gasteiger partial charge in [-0.25, -0.2) is 23.2 Å². The molecule has 0 aromatic carbocycles. The highest BCUT2D eigenvalue weighted by Crippen LogP contribution is 1.99. The number of nitrogens with zero attached hydrogens (tertiary/aromatic N) is 2. The van der Waals surface area contributed by atoms with Crippen LogP contribution in [0.3, 0.4) is 0 Å². The van der Waals surface area contributed by atoms with Crippen LogP contribution in [0.5, 0.6) is 0 Å². The highest BCUT2D eigenvalue weighted by atomic mass is 32.2. The van der Waals surface area contributed by atoms with Gasteiger partial charge < -0.3 is 10.4 Å². The number of carboxylic acids is 1. The lowest BCUT2D eigenvalue weighted by Crippen LogP contribution is -2.38. The van der Waals surface area contributed by atoms with Crippen molar-refractivity contribution >= 4 is 21.7 Å². The van der Waals surface area contributed by atoms with Gasteiger partial charge in [-0.05, 0) is 6.92 Å². The molecular formula is C11H15N3O5S. The fraction of sp³-hybridized carbons (Fsp3) is 0.455. The van der Waals surface area contributed by atoms with Crippen molar-refractivity contribution < 1.29 is 23.1 Å². The molecular weight excluding hydrogens is 286 g/mol. The molecule has 110 valence electrons. The Labute approximate surface area is 116 Å². The van der Waals surface area contributed by atoms with Crippen LogP contribution in [-0.2, 0) is 9.84 Å². The highest BCUT2D eigenvalue weighted by Gasteiger charge is 2.17. The van der Waals surface area contributed by atoms with Gasteiger partial charge in [-0.2, -0.15) is 0 Å². The first-order chi connectivity index (χ1) is 9.25. The van der Waals surface area contributed by atoms with Crippen molar-refractivity contribution in [3.05, 3.63) is 23.8 Å². The Morgan fingerprint density at radius 2 is 1.85 bits per heavy atom. The number of carboxylic acid groups (broad SMARTS) is 1. The van der Waals surface area contributed by atoms with Crippen LogP contribution in [0.4, 0.5) is 0 Å². The van der Waals surface area contributed by atoms with E-state index in [0.717, 1.165) is 12.4 Å². The van der Waals surface area contributed by atoms with E-state index in [1.54, 1.807) is 6.92 Å². The SMILES string of the molecule is CCS(=O)(=O)CC(C)NC(=O)c1cnc(C(=O)O)cn1. The van der Waals surface area contributed by atoms with E-state index in [4.69, 9.17) is 5.11 Å². The Morgan fingerprint density at radius 3 is 2.30 bits per heavy atom. The summed E-state index contributed by atoms with van der Waals surface area (Å²) in [6.45, 7) is 3.09. The molecule has 1 aromatic heterocycles. The summed E-state index contributed by atoms with van der Waals surface area (Å²) in [5.41, 5.74) is -0.348. The van der Waals surface area contributed by atoms with Crippen LogP contribution in [0.1, 0.15) is 34.8 Å². The molecule has 2 N–H and O–H groups in total. The van der Waals surface area contributed by atoms with Gasteiger partial charge in [0, 0.05) is 11.8 Å². The lowest BCUT2D eigenvalue weighted by atomic mass is 10.3. The number of aromatic nitrogens is 2. The minimum atomic E-state index is -3.19. The number of nitrogens with one attached hydrogen (secondary N) is 1. The second-order valence-electron chi connectivity index (χ2n) is 4.17. The quantitative estimate of drug-likeness (QED) is 0.740. The normalized spacial score (nSPS) is 12.7. The molecule has 9 heteroatoms. The predicted octanol–water partition coefficient (Wildman–Crippen LogP) is -0.272. The van der Waals surface area contributed by atoms with Gasteiger partial charge in [-0.15, -0.1) is 0 Å². The molecule has 8 nitrogen and oxygen atoms in total. The summed E-state index contributed by atoms with van der Waals surface area (Å²) in [7, 11) is -3.19. The lowest BCUT2D eigenvalue weighted by molar-refractivity contribution is 0.0689. The van der Waals surface area contributed by atoms with Crippen LogP contribution >= 0.6 is 0 Å². The molecule has 0 radical (unpaired) electrons. The monoisotopic (exact) mass is 301 g/mol. The first kappa shape index (κ1) is 16.0. The van der Waals surface area contributed by atoms with Gasteiger partial charge in [0.1, 0.15) is 5.69 Å². The van der Waals surface area contributed by atoms with Gasteiger partial charge in [0.25, 0.3) is 5.91 Å². The molecule has 1 aromatic rings. The molecule has 0 saturated heterocycles. The van der Waals surface area contributed by atoms with Crippen LogP contribution in [0.25, 0.3) is 0 Å². The third kappa shape index (κ3) is 4.57. The first-order valence-electron chi connectivity index (χ1n) is 5.81. The average molecular weight is 301 g/mol. The zero-order valence-electron chi connectivity index (χ0n) is 11.0. The molecule has 0 spiro atoms. The van der Waals surface area contributed by atoms with E-state index in [-0.39, 0.29) is 22.9 Å². The van der Waals surface area contributed by atoms with E-state index in [2.05, 4.69) is 15.3 Å². The number of hydrogen-bond acceptors (Lipinski definition) is 6. The molecule has 0 aliphatic heterocycles. The zero-order chi connectivity index (χ0) is 15.3. The van der Waals surface area contributed by atoms with Gasteiger partial charge in [0.2, 0.25) is 0 Å². The van der Waals surface area contributed by atoms with Crippen molar-refractivity contribution in [3.8, 4) is 0 Å². The van der Waals surface area contributed by atoms with Crippen molar-refractivity contribution in [1.82, 2.24) is 15.3 Å². The number of amides is 1. The Balaban J connectivity index is 2.69. The maximum atomic E-state index is 11.8. The Hall–Kier alpha value is -2.03. The van der Waals surface area contributed by atoms with Crippen molar-refractivity contribution in [1.29, 1.82) is 0 Å². The smallest absolute Gasteiger partial charge is 0.356 e. The van der Waals surface area contributed by atoms with Crippen molar-refractivity contribution in [2.24, 2.45) is 0 Å². The van der Waals surface area contributed by atoms with Crippen molar-refractivity contribution in [2.75, 3.05) is 11.5 Å². The molecule has 1 atom stereocenters. The Bertz CT molecular complexity index is 597. The maximum Gasteiger partial charge on any atom is 0.356 e. The summed E-state index contributed by atoms with van der Waals surface area (Å²) in [5, 5.41) is 11.1.